The number of rotatable bonds is 9. The summed E-state index contributed by atoms with van der Waals surface area (Å²) in [6, 6.07) is 0.415. The second-order valence-electron chi connectivity index (χ2n) is 6.08. The Bertz CT molecular complexity index is 433. The number of tetrazole rings is 1. The third-order valence-electron chi connectivity index (χ3n) is 3.11. The minimum Gasteiger partial charge on any atom is -0.353 e. The molecule has 0 bridgehead atoms. The van der Waals surface area contributed by atoms with Gasteiger partial charge < -0.3 is 5.32 Å². The topological polar surface area (TPSA) is 72.7 Å². The van der Waals surface area contributed by atoms with Gasteiger partial charge in [0.2, 0.25) is 11.1 Å². The van der Waals surface area contributed by atoms with Gasteiger partial charge in [0.15, 0.2) is 0 Å². The van der Waals surface area contributed by atoms with E-state index in [-0.39, 0.29) is 18.0 Å². The fourth-order valence-electron chi connectivity index (χ4n) is 1.96. The molecule has 1 rings (SSSR count). The zero-order chi connectivity index (χ0) is 15.8. The van der Waals surface area contributed by atoms with Crippen molar-refractivity contribution >= 4 is 17.7 Å². The molecular weight excluding hydrogens is 286 g/mol. The third kappa shape index (κ3) is 6.93. The van der Waals surface area contributed by atoms with Crippen LogP contribution >= 0.6 is 11.8 Å². The second-order valence-corrected chi connectivity index (χ2v) is 7.02. The third-order valence-corrected chi connectivity index (χ3v) is 4.04. The van der Waals surface area contributed by atoms with Gasteiger partial charge in [-0.2, -0.15) is 0 Å². The molecule has 1 aromatic heterocycles. The zero-order valence-corrected chi connectivity index (χ0v) is 14.5. The normalized spacial score (nSPS) is 12.9. The lowest BCUT2D eigenvalue weighted by molar-refractivity contribution is -0.119. The maximum atomic E-state index is 11.9. The summed E-state index contributed by atoms with van der Waals surface area (Å²) in [4.78, 5) is 11.9. The summed E-state index contributed by atoms with van der Waals surface area (Å²) < 4.78 is 1.73. The highest BCUT2D eigenvalue weighted by Gasteiger charge is 2.13. The van der Waals surface area contributed by atoms with Crippen molar-refractivity contribution in [2.45, 2.75) is 71.1 Å². The predicted octanol–water partition coefficient (Wildman–Crippen LogP) is 2.68. The molecule has 1 aromatic rings. The van der Waals surface area contributed by atoms with Crippen molar-refractivity contribution in [3.63, 3.8) is 0 Å². The van der Waals surface area contributed by atoms with Crippen LogP contribution in [-0.2, 0) is 4.79 Å². The highest BCUT2D eigenvalue weighted by molar-refractivity contribution is 7.99. The molecule has 0 aromatic carbocycles. The van der Waals surface area contributed by atoms with Gasteiger partial charge in [0.1, 0.15) is 0 Å². The Labute approximate surface area is 131 Å². The van der Waals surface area contributed by atoms with E-state index in [1.807, 2.05) is 13.8 Å². The Balaban J connectivity index is 2.29. The molecule has 21 heavy (non-hydrogen) atoms. The Morgan fingerprint density at radius 1 is 1.24 bits per heavy atom. The summed E-state index contributed by atoms with van der Waals surface area (Å²) in [6.45, 7) is 10.5. The number of nitrogens with one attached hydrogen (secondary N) is 1. The molecule has 0 spiro atoms. The average molecular weight is 313 g/mol. The first-order valence-corrected chi connectivity index (χ1v) is 8.58. The van der Waals surface area contributed by atoms with Gasteiger partial charge in [0.05, 0.1) is 11.8 Å². The first kappa shape index (κ1) is 17.9. The minimum absolute atomic E-state index is 0.0374. The van der Waals surface area contributed by atoms with Crippen molar-refractivity contribution in [2.24, 2.45) is 5.92 Å². The van der Waals surface area contributed by atoms with Crippen LogP contribution in [-0.4, -0.2) is 37.9 Å². The van der Waals surface area contributed by atoms with Crippen LogP contribution < -0.4 is 5.32 Å². The lowest BCUT2D eigenvalue weighted by Gasteiger charge is -2.14. The van der Waals surface area contributed by atoms with Crippen LogP contribution in [0, 0.1) is 5.92 Å². The van der Waals surface area contributed by atoms with E-state index < -0.39 is 0 Å². The summed E-state index contributed by atoms with van der Waals surface area (Å²) in [6.07, 6.45) is 3.38. The Morgan fingerprint density at radius 2 is 1.95 bits per heavy atom. The zero-order valence-electron chi connectivity index (χ0n) is 13.7. The fourth-order valence-corrected chi connectivity index (χ4v) is 2.77. The largest absolute Gasteiger partial charge is 0.353 e. The summed E-state index contributed by atoms with van der Waals surface area (Å²) in [5.41, 5.74) is 0. The van der Waals surface area contributed by atoms with Crippen LogP contribution in [0.25, 0.3) is 0 Å². The van der Waals surface area contributed by atoms with Gasteiger partial charge >= 0.3 is 0 Å². The number of aromatic nitrogens is 4. The van der Waals surface area contributed by atoms with Gasteiger partial charge in [-0.1, -0.05) is 38.5 Å². The van der Waals surface area contributed by atoms with E-state index in [2.05, 4.69) is 41.6 Å². The number of hydrogen-bond donors (Lipinski definition) is 1. The molecule has 0 saturated heterocycles. The van der Waals surface area contributed by atoms with Gasteiger partial charge in [-0.3, -0.25) is 4.79 Å². The van der Waals surface area contributed by atoms with Crippen molar-refractivity contribution in [2.75, 3.05) is 5.75 Å². The number of thioether (sulfide) groups is 1. The minimum atomic E-state index is 0.0374. The van der Waals surface area contributed by atoms with Crippen LogP contribution in [0.1, 0.15) is 59.9 Å². The van der Waals surface area contributed by atoms with Crippen molar-refractivity contribution in [3.05, 3.63) is 0 Å². The molecule has 0 aliphatic heterocycles. The van der Waals surface area contributed by atoms with E-state index in [4.69, 9.17) is 0 Å². The highest BCUT2D eigenvalue weighted by Crippen LogP contribution is 2.17. The number of carbonyl (C=O) groups is 1. The average Bonchev–Trinajstić information content (AvgIpc) is 2.84. The summed E-state index contributed by atoms with van der Waals surface area (Å²) in [7, 11) is 0. The van der Waals surface area contributed by atoms with E-state index in [9.17, 15) is 4.79 Å². The van der Waals surface area contributed by atoms with Gasteiger partial charge in [-0.05, 0) is 43.5 Å². The van der Waals surface area contributed by atoms with E-state index in [0.717, 1.165) is 18.8 Å². The van der Waals surface area contributed by atoms with Crippen molar-refractivity contribution < 1.29 is 4.79 Å². The van der Waals surface area contributed by atoms with Gasteiger partial charge in [-0.25, -0.2) is 4.68 Å². The van der Waals surface area contributed by atoms with E-state index in [1.54, 1.807) is 4.68 Å². The molecule has 0 aliphatic carbocycles. The summed E-state index contributed by atoms with van der Waals surface area (Å²) in [5.74, 6) is 1.11. The predicted molar refractivity (Wildman–Crippen MR) is 85.2 cm³/mol. The van der Waals surface area contributed by atoms with Crippen LogP contribution in [0.3, 0.4) is 0 Å². The first-order chi connectivity index (χ1) is 9.90. The van der Waals surface area contributed by atoms with Crippen LogP contribution in [0.4, 0.5) is 0 Å². The number of amides is 1. The first-order valence-electron chi connectivity index (χ1n) is 7.60. The smallest absolute Gasteiger partial charge is 0.230 e. The van der Waals surface area contributed by atoms with E-state index in [1.165, 1.54) is 18.2 Å². The standard InChI is InChI=1S/C14H27N5OS/c1-10(2)7-6-8-12(5)15-13(20)9-21-14-16-17-18-19(14)11(3)4/h10-12H,6-9H2,1-5H3,(H,15,20). The monoisotopic (exact) mass is 313 g/mol. The molecule has 0 radical (unpaired) electrons. The molecule has 7 heteroatoms. The van der Waals surface area contributed by atoms with Crippen molar-refractivity contribution in [3.8, 4) is 0 Å². The molecule has 1 atom stereocenters. The van der Waals surface area contributed by atoms with Gasteiger partial charge in [-0.15, -0.1) is 5.10 Å². The van der Waals surface area contributed by atoms with Gasteiger partial charge in [0, 0.05) is 6.04 Å². The van der Waals surface area contributed by atoms with Crippen molar-refractivity contribution in [1.29, 1.82) is 0 Å². The number of carbonyl (C=O) groups excluding carboxylic acids is 1. The Hall–Kier alpha value is -1.11. The summed E-state index contributed by atoms with van der Waals surface area (Å²) >= 11 is 1.38. The lowest BCUT2D eigenvalue weighted by Crippen LogP contribution is -2.33. The Morgan fingerprint density at radius 3 is 2.57 bits per heavy atom. The maximum Gasteiger partial charge on any atom is 0.230 e. The summed E-state index contributed by atoms with van der Waals surface area (Å²) in [5, 5.41) is 15.2. The molecule has 1 unspecified atom stereocenters. The van der Waals surface area contributed by atoms with Gasteiger partial charge in [0.25, 0.3) is 0 Å². The second kappa shape index (κ2) is 9.02. The molecular formula is C14H27N5OS. The molecule has 1 amide bonds. The van der Waals surface area contributed by atoms with Crippen LogP contribution in [0.5, 0.6) is 0 Å². The molecule has 6 nitrogen and oxygen atoms in total. The molecule has 0 saturated carbocycles. The number of hydrogen-bond acceptors (Lipinski definition) is 5. The molecule has 0 fully saturated rings. The maximum absolute atomic E-state index is 11.9. The molecule has 120 valence electrons. The van der Waals surface area contributed by atoms with Crippen molar-refractivity contribution in [1.82, 2.24) is 25.5 Å². The van der Waals surface area contributed by atoms with E-state index >= 15 is 0 Å². The Kier molecular flexibility index (Phi) is 7.71. The number of nitrogens with zero attached hydrogens (tertiary/aromatic N) is 4. The molecule has 0 aliphatic rings. The fraction of sp³-hybridized carbons (Fsp3) is 0.857. The quantitative estimate of drug-likeness (QED) is 0.710. The van der Waals surface area contributed by atoms with Crippen LogP contribution in [0.15, 0.2) is 5.16 Å². The molecule has 1 N–H and O–H groups in total. The van der Waals surface area contributed by atoms with E-state index in [0.29, 0.717) is 10.9 Å². The molecule has 1 heterocycles. The van der Waals surface area contributed by atoms with Crippen LogP contribution in [0.2, 0.25) is 0 Å². The highest BCUT2D eigenvalue weighted by atomic mass is 32.2. The lowest BCUT2D eigenvalue weighted by atomic mass is 10.0. The SMILES string of the molecule is CC(C)CCCC(C)NC(=O)CSc1nnnn1C(C)C.